The molecule has 3 rings (SSSR count). The fourth-order valence-electron chi connectivity index (χ4n) is 4.69. The fourth-order valence-corrected chi connectivity index (χ4v) is 4.69. The summed E-state index contributed by atoms with van der Waals surface area (Å²) in [7, 11) is 1.85. The zero-order valence-electron chi connectivity index (χ0n) is 14.6. The van der Waals surface area contributed by atoms with Gasteiger partial charge in [0.15, 0.2) is 0 Å². The second kappa shape index (κ2) is 6.92. The van der Waals surface area contributed by atoms with E-state index in [1.165, 1.54) is 18.4 Å². The molecule has 3 atom stereocenters. The van der Waals surface area contributed by atoms with Crippen LogP contribution in [0.5, 0.6) is 0 Å². The van der Waals surface area contributed by atoms with E-state index in [2.05, 4.69) is 42.2 Å². The predicted molar refractivity (Wildman–Crippen MR) is 93.7 cm³/mol. The van der Waals surface area contributed by atoms with Crippen molar-refractivity contribution < 1.29 is 9.84 Å². The van der Waals surface area contributed by atoms with Crippen molar-refractivity contribution in [3.8, 4) is 0 Å². The van der Waals surface area contributed by atoms with Gasteiger partial charge in [-0.25, -0.2) is 0 Å². The highest BCUT2D eigenvalue weighted by Crippen LogP contribution is 2.43. The molecule has 0 spiro atoms. The van der Waals surface area contributed by atoms with E-state index >= 15 is 0 Å². The minimum atomic E-state index is -0.00954. The number of piperidine rings is 2. The highest BCUT2D eigenvalue weighted by molar-refractivity contribution is 5.26. The molecule has 0 saturated carbocycles. The lowest BCUT2D eigenvalue weighted by atomic mass is 9.70. The molecule has 128 valence electrons. The number of rotatable bonds is 5. The molecule has 3 unspecified atom stereocenters. The second-order valence-corrected chi connectivity index (χ2v) is 7.76. The van der Waals surface area contributed by atoms with Gasteiger partial charge >= 0.3 is 0 Å². The average Bonchev–Trinajstić information content (AvgIpc) is 2.61. The second-order valence-electron chi connectivity index (χ2n) is 7.76. The van der Waals surface area contributed by atoms with Gasteiger partial charge in [0.25, 0.3) is 0 Å². The number of fused-ring (bicyclic) bond motifs is 1. The monoisotopic (exact) mass is 317 g/mol. The molecule has 3 nitrogen and oxygen atoms in total. The molecule has 3 heteroatoms. The molecule has 1 N–H and O–H groups in total. The van der Waals surface area contributed by atoms with Crippen molar-refractivity contribution in [3.63, 3.8) is 0 Å². The van der Waals surface area contributed by atoms with Crippen LogP contribution < -0.4 is 0 Å². The van der Waals surface area contributed by atoms with Gasteiger partial charge in [0.05, 0.1) is 5.60 Å². The zero-order valence-corrected chi connectivity index (χ0v) is 14.6. The van der Waals surface area contributed by atoms with Crippen LogP contribution in [0.15, 0.2) is 30.3 Å². The number of aliphatic hydroxyl groups excluding tert-OH is 1. The summed E-state index contributed by atoms with van der Waals surface area (Å²) < 4.78 is 5.93. The van der Waals surface area contributed by atoms with Crippen molar-refractivity contribution in [2.45, 2.75) is 62.5 Å². The van der Waals surface area contributed by atoms with Crippen molar-refractivity contribution in [1.82, 2.24) is 4.90 Å². The SMILES string of the molecule is COC1(CCCO)CCN2CC(C)(c3ccccc3)CCC2C1. The molecule has 2 aliphatic heterocycles. The Hall–Kier alpha value is -0.900. The number of ether oxygens (including phenoxy) is 1. The van der Waals surface area contributed by atoms with Crippen LogP contribution in [0.25, 0.3) is 0 Å². The summed E-state index contributed by atoms with van der Waals surface area (Å²) in [6.07, 6.45) is 6.54. The maximum atomic E-state index is 9.17. The summed E-state index contributed by atoms with van der Waals surface area (Å²) in [5.74, 6) is 0. The van der Waals surface area contributed by atoms with Crippen molar-refractivity contribution in [2.24, 2.45) is 0 Å². The van der Waals surface area contributed by atoms with Crippen LogP contribution in [0.2, 0.25) is 0 Å². The quantitative estimate of drug-likeness (QED) is 0.904. The van der Waals surface area contributed by atoms with Crippen molar-refractivity contribution >= 4 is 0 Å². The van der Waals surface area contributed by atoms with E-state index in [0.29, 0.717) is 6.04 Å². The Morgan fingerprint density at radius 3 is 2.74 bits per heavy atom. The summed E-state index contributed by atoms with van der Waals surface area (Å²) >= 11 is 0. The first-order valence-electron chi connectivity index (χ1n) is 9.06. The van der Waals surface area contributed by atoms with Crippen LogP contribution in [0, 0.1) is 0 Å². The normalized spacial score (nSPS) is 35.0. The Labute approximate surface area is 140 Å². The Bertz CT molecular complexity index is 506. The number of nitrogens with zero attached hydrogens (tertiary/aromatic N) is 1. The van der Waals surface area contributed by atoms with E-state index in [-0.39, 0.29) is 17.6 Å². The van der Waals surface area contributed by atoms with E-state index in [4.69, 9.17) is 9.84 Å². The largest absolute Gasteiger partial charge is 0.396 e. The molecule has 0 aromatic heterocycles. The summed E-state index contributed by atoms with van der Waals surface area (Å²) in [5, 5.41) is 9.17. The van der Waals surface area contributed by atoms with Gasteiger partial charge in [-0.1, -0.05) is 37.3 Å². The first-order chi connectivity index (χ1) is 11.1. The van der Waals surface area contributed by atoms with Crippen LogP contribution >= 0.6 is 0 Å². The maximum Gasteiger partial charge on any atom is 0.0706 e. The number of methoxy groups -OCH3 is 1. The minimum Gasteiger partial charge on any atom is -0.396 e. The zero-order chi connectivity index (χ0) is 16.3. The third-order valence-electron chi connectivity index (χ3n) is 6.25. The highest BCUT2D eigenvalue weighted by atomic mass is 16.5. The Balaban J connectivity index is 1.69. The predicted octanol–water partition coefficient (Wildman–Crippen LogP) is 3.36. The number of hydrogen-bond acceptors (Lipinski definition) is 3. The summed E-state index contributed by atoms with van der Waals surface area (Å²) in [5.41, 5.74) is 1.74. The van der Waals surface area contributed by atoms with Crippen LogP contribution in [-0.2, 0) is 10.2 Å². The van der Waals surface area contributed by atoms with Gasteiger partial charge in [-0.3, -0.25) is 4.90 Å². The number of aliphatic hydroxyl groups is 1. The molecule has 1 aromatic carbocycles. The maximum absolute atomic E-state index is 9.17. The lowest BCUT2D eigenvalue weighted by molar-refractivity contribution is -0.0976. The molecule has 0 bridgehead atoms. The molecule has 1 aromatic rings. The first-order valence-corrected chi connectivity index (χ1v) is 9.06. The molecule has 0 aliphatic carbocycles. The molecule has 2 fully saturated rings. The van der Waals surface area contributed by atoms with Gasteiger partial charge in [0.1, 0.15) is 0 Å². The van der Waals surface area contributed by atoms with Gasteiger partial charge in [-0.05, 0) is 44.1 Å². The molecule has 0 radical (unpaired) electrons. The number of benzene rings is 1. The van der Waals surface area contributed by atoms with Gasteiger partial charge in [0.2, 0.25) is 0 Å². The van der Waals surface area contributed by atoms with E-state index in [9.17, 15) is 0 Å². The van der Waals surface area contributed by atoms with E-state index in [1.54, 1.807) is 0 Å². The lowest BCUT2D eigenvalue weighted by Crippen LogP contribution is -2.57. The van der Waals surface area contributed by atoms with Gasteiger partial charge < -0.3 is 9.84 Å². The first kappa shape index (κ1) is 16.9. The molecule has 0 amide bonds. The Morgan fingerprint density at radius 2 is 2.04 bits per heavy atom. The van der Waals surface area contributed by atoms with E-state index in [0.717, 1.165) is 38.8 Å². The van der Waals surface area contributed by atoms with Crippen LogP contribution in [0.1, 0.15) is 51.0 Å². The molecule has 2 heterocycles. The van der Waals surface area contributed by atoms with Crippen LogP contribution in [0.4, 0.5) is 0 Å². The lowest BCUT2D eigenvalue weighted by Gasteiger charge is -2.52. The number of hydrogen-bond donors (Lipinski definition) is 1. The van der Waals surface area contributed by atoms with Crippen molar-refractivity contribution in [1.29, 1.82) is 0 Å². The standard InChI is InChI=1S/C20H31NO2/c1-19(17-7-4-3-5-8-17)11-9-18-15-20(23-2,10-6-14-22)12-13-21(18)16-19/h3-5,7-8,18,22H,6,9-16H2,1-2H3. The fraction of sp³-hybridized carbons (Fsp3) is 0.700. The topological polar surface area (TPSA) is 32.7 Å². The van der Waals surface area contributed by atoms with Crippen LogP contribution in [-0.4, -0.2) is 48.5 Å². The molecule has 2 saturated heterocycles. The Kier molecular flexibility index (Phi) is 5.10. The summed E-state index contributed by atoms with van der Waals surface area (Å²) in [4.78, 5) is 2.69. The Morgan fingerprint density at radius 1 is 1.26 bits per heavy atom. The van der Waals surface area contributed by atoms with E-state index in [1.807, 2.05) is 7.11 Å². The average molecular weight is 317 g/mol. The summed E-state index contributed by atoms with van der Waals surface area (Å²) in [6, 6.07) is 11.6. The van der Waals surface area contributed by atoms with Crippen molar-refractivity contribution in [2.75, 3.05) is 26.8 Å². The minimum absolute atomic E-state index is 0.00954. The third kappa shape index (κ3) is 3.47. The summed E-state index contributed by atoms with van der Waals surface area (Å²) in [6.45, 7) is 4.96. The third-order valence-corrected chi connectivity index (χ3v) is 6.25. The van der Waals surface area contributed by atoms with E-state index < -0.39 is 0 Å². The van der Waals surface area contributed by atoms with Crippen LogP contribution in [0.3, 0.4) is 0 Å². The van der Waals surface area contributed by atoms with Gasteiger partial charge in [-0.15, -0.1) is 0 Å². The highest BCUT2D eigenvalue weighted by Gasteiger charge is 2.45. The molecule has 2 aliphatic rings. The molecular weight excluding hydrogens is 286 g/mol. The van der Waals surface area contributed by atoms with Gasteiger partial charge in [-0.2, -0.15) is 0 Å². The van der Waals surface area contributed by atoms with Crippen molar-refractivity contribution in [3.05, 3.63) is 35.9 Å². The molecular formula is C20H31NO2. The smallest absolute Gasteiger partial charge is 0.0706 e. The van der Waals surface area contributed by atoms with Gasteiger partial charge in [0, 0.05) is 38.3 Å². The molecule has 23 heavy (non-hydrogen) atoms.